The fourth-order valence-electron chi connectivity index (χ4n) is 5.23. The Kier molecular flexibility index (Phi) is 11.2. The third kappa shape index (κ3) is 8.18. The minimum Gasteiger partial charge on any atom is -0.381 e. The van der Waals surface area contributed by atoms with Crippen LogP contribution in [0.1, 0.15) is 126 Å². The molecule has 4 atom stereocenters. The summed E-state index contributed by atoms with van der Waals surface area (Å²) in [5.41, 5.74) is 0.371. The van der Waals surface area contributed by atoms with E-state index in [-0.39, 0.29) is 11.6 Å². The van der Waals surface area contributed by atoms with Crippen LogP contribution in [0, 0.1) is 23.7 Å². The van der Waals surface area contributed by atoms with Crippen LogP contribution in [-0.2, 0) is 0 Å². The second-order valence-electron chi connectivity index (χ2n) is 11.6. The van der Waals surface area contributed by atoms with Gasteiger partial charge in [-0.2, -0.15) is 0 Å². The molecule has 0 amide bonds. The smallest absolute Gasteiger partial charge is 0.195 e. The lowest BCUT2D eigenvalue weighted by Gasteiger charge is -2.35. The van der Waals surface area contributed by atoms with Crippen molar-refractivity contribution >= 4 is 11.6 Å². The van der Waals surface area contributed by atoms with Crippen molar-refractivity contribution in [2.45, 2.75) is 111 Å². The van der Waals surface area contributed by atoms with Crippen LogP contribution in [0.25, 0.3) is 0 Å². The van der Waals surface area contributed by atoms with E-state index in [4.69, 9.17) is 0 Å². The lowest BCUT2D eigenvalue weighted by molar-refractivity contribution is 0.00810. The largest absolute Gasteiger partial charge is 0.381 e. The summed E-state index contributed by atoms with van der Waals surface area (Å²) >= 11 is 0. The topological polar surface area (TPSA) is 54.4 Å². The van der Waals surface area contributed by atoms with Crippen LogP contribution in [0.15, 0.2) is 35.9 Å². The maximum absolute atomic E-state index is 13.0. The number of aliphatic hydroxyl groups is 1. The van der Waals surface area contributed by atoms with Gasteiger partial charge in [-0.3, -0.25) is 9.59 Å². The molecule has 0 aliphatic heterocycles. The second kappa shape index (κ2) is 13.4. The molecule has 0 aromatic heterocycles. The zero-order valence-electron chi connectivity index (χ0n) is 22.5. The molecule has 0 spiro atoms. The summed E-state index contributed by atoms with van der Waals surface area (Å²) in [7, 11) is 0. The van der Waals surface area contributed by atoms with Crippen LogP contribution in [0.2, 0.25) is 0 Å². The Morgan fingerprint density at radius 1 is 0.912 bits per heavy atom. The highest BCUT2D eigenvalue weighted by Gasteiger charge is 2.48. The van der Waals surface area contributed by atoms with E-state index in [0.717, 1.165) is 30.6 Å². The van der Waals surface area contributed by atoms with Crippen molar-refractivity contribution in [1.29, 1.82) is 0 Å². The van der Waals surface area contributed by atoms with Gasteiger partial charge in [0.2, 0.25) is 0 Å². The molecular weight excluding hydrogens is 420 g/mol. The van der Waals surface area contributed by atoms with Crippen molar-refractivity contribution in [3.8, 4) is 0 Å². The number of fused-ring (bicyclic) bond motifs is 1. The Labute approximate surface area is 208 Å². The highest BCUT2D eigenvalue weighted by molar-refractivity contribution is 6.18. The zero-order valence-corrected chi connectivity index (χ0v) is 22.5. The van der Waals surface area contributed by atoms with Gasteiger partial charge in [0.15, 0.2) is 11.6 Å². The standard InChI is InChI=1S/C31H48O3/c1-22(2)12-9-13-23(3)14-10-15-24(4)16-11-17-25(5)20-21-28-29(32)26-18-7-8-19-27(26)30(33)31(28,6)34/h7-8,18-20,22-24,28,34H,9-17,21H2,1-6H3/b25-20+. The number of Topliss-reactive ketones (excluding diaryl/α,β-unsaturated/α-hetero) is 2. The van der Waals surface area contributed by atoms with Crippen LogP contribution in [0.3, 0.4) is 0 Å². The summed E-state index contributed by atoms with van der Waals surface area (Å²) in [6.07, 6.45) is 13.9. The Morgan fingerprint density at radius 2 is 1.44 bits per heavy atom. The van der Waals surface area contributed by atoms with Crippen molar-refractivity contribution in [3.63, 3.8) is 0 Å². The number of hydrogen-bond acceptors (Lipinski definition) is 3. The van der Waals surface area contributed by atoms with Gasteiger partial charge in [0.1, 0.15) is 5.60 Å². The molecule has 190 valence electrons. The molecular formula is C31H48O3. The fourth-order valence-corrected chi connectivity index (χ4v) is 5.23. The number of rotatable bonds is 14. The van der Waals surface area contributed by atoms with Gasteiger partial charge in [0.05, 0.1) is 5.92 Å². The highest BCUT2D eigenvalue weighted by Crippen LogP contribution is 2.36. The first kappa shape index (κ1) is 28.5. The number of carbonyl (C=O) groups excluding carboxylic acids is 2. The van der Waals surface area contributed by atoms with Crippen LogP contribution >= 0.6 is 0 Å². The Bertz CT molecular complexity index is 833. The minimum atomic E-state index is -1.65. The number of hydrogen-bond donors (Lipinski definition) is 1. The summed E-state index contributed by atoms with van der Waals surface area (Å²) in [5, 5.41) is 10.9. The summed E-state index contributed by atoms with van der Waals surface area (Å²) in [4.78, 5) is 25.8. The number of allylic oxidation sites excluding steroid dienone is 2. The first-order chi connectivity index (χ1) is 16.0. The van der Waals surface area contributed by atoms with Crippen LogP contribution in [0.4, 0.5) is 0 Å². The van der Waals surface area contributed by atoms with Gasteiger partial charge in [0.25, 0.3) is 0 Å². The van der Waals surface area contributed by atoms with E-state index in [1.54, 1.807) is 24.3 Å². The van der Waals surface area contributed by atoms with Crippen LogP contribution in [-0.4, -0.2) is 22.3 Å². The van der Waals surface area contributed by atoms with Gasteiger partial charge >= 0.3 is 0 Å². The molecule has 3 heteroatoms. The third-order valence-corrected chi connectivity index (χ3v) is 7.73. The minimum absolute atomic E-state index is 0.128. The normalized spacial score (nSPS) is 22.7. The van der Waals surface area contributed by atoms with Gasteiger partial charge in [-0.15, -0.1) is 0 Å². The molecule has 34 heavy (non-hydrogen) atoms. The lowest BCUT2D eigenvalue weighted by atomic mass is 9.70. The molecule has 1 aliphatic rings. The molecule has 0 fully saturated rings. The van der Waals surface area contributed by atoms with Crippen LogP contribution in [0.5, 0.6) is 0 Å². The summed E-state index contributed by atoms with van der Waals surface area (Å²) in [6, 6.07) is 6.84. The van der Waals surface area contributed by atoms with E-state index in [1.165, 1.54) is 57.4 Å². The van der Waals surface area contributed by atoms with Gasteiger partial charge in [0, 0.05) is 11.1 Å². The van der Waals surface area contributed by atoms with E-state index >= 15 is 0 Å². The Morgan fingerprint density at radius 3 is 2.03 bits per heavy atom. The average molecular weight is 469 g/mol. The van der Waals surface area contributed by atoms with E-state index < -0.39 is 11.5 Å². The number of benzene rings is 1. The zero-order chi connectivity index (χ0) is 25.3. The van der Waals surface area contributed by atoms with Gasteiger partial charge in [-0.1, -0.05) is 109 Å². The highest BCUT2D eigenvalue weighted by atomic mass is 16.3. The monoisotopic (exact) mass is 468 g/mol. The molecule has 1 aliphatic carbocycles. The molecule has 4 unspecified atom stereocenters. The summed E-state index contributed by atoms with van der Waals surface area (Å²) in [5.74, 6) is 1.21. The molecule has 2 rings (SSSR count). The molecule has 0 bridgehead atoms. The Hall–Kier alpha value is -1.74. The fraction of sp³-hybridized carbons (Fsp3) is 0.677. The van der Waals surface area contributed by atoms with Gasteiger partial charge < -0.3 is 5.11 Å². The van der Waals surface area contributed by atoms with Crippen molar-refractivity contribution in [2.75, 3.05) is 0 Å². The molecule has 0 saturated heterocycles. The number of ketones is 2. The lowest BCUT2D eigenvalue weighted by Crippen LogP contribution is -2.50. The maximum atomic E-state index is 13.0. The molecule has 0 saturated carbocycles. The van der Waals surface area contributed by atoms with Gasteiger partial charge in [-0.05, 0) is 50.9 Å². The molecule has 3 nitrogen and oxygen atoms in total. The van der Waals surface area contributed by atoms with Gasteiger partial charge in [-0.25, -0.2) is 0 Å². The molecule has 0 radical (unpaired) electrons. The van der Waals surface area contributed by atoms with Crippen molar-refractivity contribution in [2.24, 2.45) is 23.7 Å². The van der Waals surface area contributed by atoms with Crippen molar-refractivity contribution < 1.29 is 14.7 Å². The van der Waals surface area contributed by atoms with E-state index in [1.807, 2.05) is 0 Å². The van der Waals surface area contributed by atoms with Crippen molar-refractivity contribution in [3.05, 3.63) is 47.0 Å². The number of carbonyl (C=O) groups is 2. The second-order valence-corrected chi connectivity index (χ2v) is 11.6. The summed E-state index contributed by atoms with van der Waals surface area (Å²) < 4.78 is 0. The molecule has 1 aromatic carbocycles. The SMILES string of the molecule is C/C(=C\CC1C(=O)c2ccccc2C(=O)C1(C)O)CCCC(C)CCCC(C)CCCC(C)C. The van der Waals surface area contributed by atoms with E-state index in [0.29, 0.717) is 17.5 Å². The van der Waals surface area contributed by atoms with Crippen LogP contribution < -0.4 is 0 Å². The third-order valence-electron chi connectivity index (χ3n) is 7.73. The predicted octanol–water partition coefficient (Wildman–Crippen LogP) is 8.21. The maximum Gasteiger partial charge on any atom is 0.195 e. The van der Waals surface area contributed by atoms with E-state index in [2.05, 4.69) is 40.7 Å². The average Bonchev–Trinajstić information content (AvgIpc) is 2.77. The molecule has 1 aromatic rings. The first-order valence-corrected chi connectivity index (χ1v) is 13.6. The Balaban J connectivity index is 1.73. The summed E-state index contributed by atoms with van der Waals surface area (Å²) in [6.45, 7) is 13.0. The van der Waals surface area contributed by atoms with Crippen molar-refractivity contribution in [1.82, 2.24) is 0 Å². The van der Waals surface area contributed by atoms with E-state index in [9.17, 15) is 14.7 Å². The molecule has 0 heterocycles. The molecule has 1 N–H and O–H groups in total. The first-order valence-electron chi connectivity index (χ1n) is 13.6. The predicted molar refractivity (Wildman–Crippen MR) is 142 cm³/mol. The quantitative estimate of drug-likeness (QED) is 0.280.